The molecule has 0 saturated heterocycles. The number of aromatic nitrogens is 1. The van der Waals surface area contributed by atoms with E-state index in [-0.39, 0.29) is 0 Å². The maximum atomic E-state index is 5.97. The van der Waals surface area contributed by atoms with Crippen LogP contribution in [-0.2, 0) is 0 Å². The fourth-order valence-corrected chi connectivity index (χ4v) is 1.92. The molecule has 0 radical (unpaired) electrons. The number of nitrogen functional groups attached to an aromatic ring is 1. The predicted octanol–water partition coefficient (Wildman–Crippen LogP) is 3.59. The number of rotatable bonds is 1. The molecule has 0 atom stereocenters. The number of halogens is 1. The molecule has 0 aliphatic heterocycles. The molecule has 0 aliphatic carbocycles. The van der Waals surface area contributed by atoms with Crippen molar-refractivity contribution in [1.29, 1.82) is 0 Å². The van der Waals surface area contributed by atoms with Gasteiger partial charge < -0.3 is 5.73 Å². The van der Waals surface area contributed by atoms with E-state index in [4.69, 9.17) is 17.3 Å². The molecule has 2 rings (SSSR count). The van der Waals surface area contributed by atoms with Crippen LogP contribution in [0.3, 0.4) is 0 Å². The first-order valence-electron chi connectivity index (χ1n) is 4.93. The van der Waals surface area contributed by atoms with Gasteiger partial charge in [-0.1, -0.05) is 25.4 Å². The first kappa shape index (κ1) is 10.2. The molecule has 0 unspecified atom stereocenters. The van der Waals surface area contributed by atoms with Crippen LogP contribution in [0.2, 0.25) is 5.15 Å². The Hall–Kier alpha value is -1.28. The monoisotopic (exact) mass is 220 g/mol. The molecule has 1 aromatic carbocycles. The van der Waals surface area contributed by atoms with Crippen molar-refractivity contribution in [3.05, 3.63) is 35.0 Å². The molecule has 2 nitrogen and oxygen atoms in total. The molecule has 2 N–H and O–H groups in total. The Morgan fingerprint density at radius 3 is 2.67 bits per heavy atom. The second-order valence-corrected chi connectivity index (χ2v) is 4.35. The van der Waals surface area contributed by atoms with Crippen molar-refractivity contribution in [2.24, 2.45) is 0 Å². The van der Waals surface area contributed by atoms with E-state index < -0.39 is 0 Å². The molecule has 0 amide bonds. The lowest BCUT2D eigenvalue weighted by molar-refractivity contribution is 0.874. The summed E-state index contributed by atoms with van der Waals surface area (Å²) in [4.78, 5) is 4.27. The number of anilines is 1. The van der Waals surface area contributed by atoms with Crippen molar-refractivity contribution >= 4 is 28.2 Å². The molecule has 1 heterocycles. The third-order valence-electron chi connectivity index (χ3n) is 2.46. The highest BCUT2D eigenvalue weighted by molar-refractivity contribution is 6.30. The van der Waals surface area contributed by atoms with Crippen molar-refractivity contribution in [2.75, 3.05) is 5.73 Å². The second-order valence-electron chi connectivity index (χ2n) is 3.97. The second kappa shape index (κ2) is 3.70. The van der Waals surface area contributed by atoms with Crippen molar-refractivity contribution in [1.82, 2.24) is 4.98 Å². The summed E-state index contributed by atoms with van der Waals surface area (Å²) in [6.07, 6.45) is 0. The number of fused-ring (bicyclic) bond motifs is 1. The minimum atomic E-state index is 0.412. The van der Waals surface area contributed by atoms with E-state index in [0.717, 1.165) is 16.6 Å². The van der Waals surface area contributed by atoms with Crippen LogP contribution >= 0.6 is 11.6 Å². The number of nitrogens with zero attached hydrogens (tertiary/aromatic N) is 1. The molecule has 0 saturated carbocycles. The number of pyridine rings is 1. The fraction of sp³-hybridized carbons (Fsp3) is 0.250. The van der Waals surface area contributed by atoms with E-state index in [0.29, 0.717) is 11.1 Å². The van der Waals surface area contributed by atoms with Gasteiger partial charge in [0.25, 0.3) is 0 Å². The first-order valence-corrected chi connectivity index (χ1v) is 5.31. The van der Waals surface area contributed by atoms with Crippen molar-refractivity contribution in [3.8, 4) is 0 Å². The van der Waals surface area contributed by atoms with Crippen molar-refractivity contribution in [3.63, 3.8) is 0 Å². The summed E-state index contributed by atoms with van der Waals surface area (Å²) in [5.41, 5.74) is 8.62. The summed E-state index contributed by atoms with van der Waals surface area (Å²) in [6, 6.07) is 7.61. The Kier molecular flexibility index (Phi) is 2.53. The minimum absolute atomic E-state index is 0.412. The molecule has 0 aliphatic rings. The van der Waals surface area contributed by atoms with E-state index in [1.54, 1.807) is 0 Å². The van der Waals surface area contributed by atoms with Gasteiger partial charge in [0.05, 0.1) is 5.52 Å². The van der Waals surface area contributed by atoms with Gasteiger partial charge >= 0.3 is 0 Å². The summed E-state index contributed by atoms with van der Waals surface area (Å²) in [5.74, 6) is 0.412. The lowest BCUT2D eigenvalue weighted by Gasteiger charge is -2.10. The fourth-order valence-electron chi connectivity index (χ4n) is 1.71. The normalized spacial score (nSPS) is 11.2. The third-order valence-corrected chi connectivity index (χ3v) is 2.65. The first-order chi connectivity index (χ1) is 7.08. The zero-order valence-electron chi connectivity index (χ0n) is 8.79. The van der Waals surface area contributed by atoms with Crippen molar-refractivity contribution < 1.29 is 0 Å². The molecule has 15 heavy (non-hydrogen) atoms. The molecular formula is C12H13ClN2. The van der Waals surface area contributed by atoms with E-state index in [1.165, 1.54) is 5.56 Å². The molecule has 0 fully saturated rings. The maximum absolute atomic E-state index is 5.97. The Balaban J connectivity index is 2.81. The molecular weight excluding hydrogens is 208 g/mol. The highest BCUT2D eigenvalue weighted by atomic mass is 35.5. The molecule has 3 heteroatoms. The maximum Gasteiger partial charge on any atom is 0.130 e. The van der Waals surface area contributed by atoms with Crippen LogP contribution in [0.15, 0.2) is 24.3 Å². The number of hydrogen-bond acceptors (Lipinski definition) is 2. The molecule has 0 spiro atoms. The average molecular weight is 221 g/mol. The summed E-state index contributed by atoms with van der Waals surface area (Å²) >= 11 is 5.97. The Morgan fingerprint density at radius 1 is 1.27 bits per heavy atom. The van der Waals surface area contributed by atoms with Crippen LogP contribution in [0.4, 0.5) is 5.69 Å². The highest BCUT2D eigenvalue weighted by Crippen LogP contribution is 2.28. The number of nitrogens with two attached hydrogens (primary N) is 1. The summed E-state index contributed by atoms with van der Waals surface area (Å²) < 4.78 is 0. The zero-order chi connectivity index (χ0) is 11.0. The SMILES string of the molecule is CC(C)c1cc(Cl)nc2ccc(N)cc12. The Morgan fingerprint density at radius 2 is 2.00 bits per heavy atom. The van der Waals surface area contributed by atoms with Gasteiger partial charge in [0.15, 0.2) is 0 Å². The third kappa shape index (κ3) is 1.90. The lowest BCUT2D eigenvalue weighted by Crippen LogP contribution is -1.94. The van der Waals surface area contributed by atoms with Gasteiger partial charge in [-0.2, -0.15) is 0 Å². The molecule has 78 valence electrons. The van der Waals surface area contributed by atoms with Crippen LogP contribution in [0.25, 0.3) is 10.9 Å². The van der Waals surface area contributed by atoms with Crippen LogP contribution in [0.5, 0.6) is 0 Å². The van der Waals surface area contributed by atoms with Crippen LogP contribution < -0.4 is 5.73 Å². The Bertz CT molecular complexity index is 506. The molecule has 2 aromatic rings. The topological polar surface area (TPSA) is 38.9 Å². The standard InChI is InChI=1S/C12H13ClN2/c1-7(2)9-6-12(13)15-11-4-3-8(14)5-10(9)11/h3-7H,14H2,1-2H3. The predicted molar refractivity (Wildman–Crippen MR) is 65.3 cm³/mol. The van der Waals surface area contributed by atoms with Gasteiger partial charge in [0.2, 0.25) is 0 Å². The van der Waals surface area contributed by atoms with Gasteiger partial charge in [-0.05, 0) is 35.7 Å². The largest absolute Gasteiger partial charge is 0.399 e. The number of benzene rings is 1. The van der Waals surface area contributed by atoms with Crippen LogP contribution in [-0.4, -0.2) is 4.98 Å². The van der Waals surface area contributed by atoms with Crippen LogP contribution in [0.1, 0.15) is 25.3 Å². The zero-order valence-corrected chi connectivity index (χ0v) is 9.55. The Labute approximate surface area is 94.1 Å². The smallest absolute Gasteiger partial charge is 0.130 e. The summed E-state index contributed by atoms with van der Waals surface area (Å²) in [5, 5.41) is 1.63. The van der Waals surface area contributed by atoms with Crippen LogP contribution in [0, 0.1) is 0 Å². The summed E-state index contributed by atoms with van der Waals surface area (Å²) in [7, 11) is 0. The molecule has 1 aromatic heterocycles. The van der Waals surface area contributed by atoms with E-state index in [2.05, 4.69) is 18.8 Å². The minimum Gasteiger partial charge on any atom is -0.399 e. The quantitative estimate of drug-likeness (QED) is 0.589. The van der Waals surface area contributed by atoms with E-state index in [9.17, 15) is 0 Å². The molecule has 0 bridgehead atoms. The van der Waals surface area contributed by atoms with Crippen molar-refractivity contribution in [2.45, 2.75) is 19.8 Å². The highest BCUT2D eigenvalue weighted by Gasteiger charge is 2.08. The lowest BCUT2D eigenvalue weighted by atomic mass is 9.99. The summed E-state index contributed by atoms with van der Waals surface area (Å²) in [6.45, 7) is 4.27. The van der Waals surface area contributed by atoms with E-state index >= 15 is 0 Å². The van der Waals surface area contributed by atoms with Gasteiger partial charge in [-0.15, -0.1) is 0 Å². The van der Waals surface area contributed by atoms with Gasteiger partial charge in [0, 0.05) is 11.1 Å². The number of hydrogen-bond donors (Lipinski definition) is 1. The van der Waals surface area contributed by atoms with E-state index in [1.807, 2.05) is 24.3 Å². The van der Waals surface area contributed by atoms with Gasteiger partial charge in [-0.25, -0.2) is 4.98 Å². The van der Waals surface area contributed by atoms with Gasteiger partial charge in [-0.3, -0.25) is 0 Å². The van der Waals surface area contributed by atoms with Gasteiger partial charge in [0.1, 0.15) is 5.15 Å². The average Bonchev–Trinajstić information content (AvgIpc) is 2.17.